The first kappa shape index (κ1) is 25.7. The minimum absolute atomic E-state index is 0.0660. The lowest BCUT2D eigenvalue weighted by molar-refractivity contribution is -0.124. The minimum atomic E-state index is -3.84. The van der Waals surface area contributed by atoms with E-state index in [9.17, 15) is 18.0 Å². The van der Waals surface area contributed by atoms with Crippen molar-refractivity contribution in [3.63, 3.8) is 0 Å². The highest BCUT2D eigenvalue weighted by atomic mass is 32.2. The van der Waals surface area contributed by atoms with Crippen molar-refractivity contribution in [1.82, 2.24) is 9.88 Å². The number of carbonyl (C=O) groups is 2. The number of fused-ring (bicyclic) bond motifs is 2. The zero-order valence-electron chi connectivity index (χ0n) is 20.5. The summed E-state index contributed by atoms with van der Waals surface area (Å²) in [5, 5.41) is 8.49. The van der Waals surface area contributed by atoms with Gasteiger partial charge < -0.3 is 10.1 Å². The molecule has 1 aromatic heterocycles. The maximum Gasteiger partial charge on any atom is 0.340 e. The second-order valence-corrected chi connectivity index (χ2v) is 10.7. The molecule has 9 nitrogen and oxygen atoms in total. The van der Waals surface area contributed by atoms with Gasteiger partial charge >= 0.3 is 5.97 Å². The maximum absolute atomic E-state index is 13.6. The third kappa shape index (κ3) is 5.40. The molecule has 1 aliphatic rings. The normalized spacial score (nSPS) is 14.9. The molecular formula is C26H30N4O5S. The number of sulfonamides is 1. The molecule has 0 aliphatic carbocycles. The van der Waals surface area contributed by atoms with Crippen LogP contribution in [0.15, 0.2) is 53.4 Å². The molecule has 190 valence electrons. The third-order valence-electron chi connectivity index (χ3n) is 6.37. The molecule has 0 saturated heterocycles. The van der Waals surface area contributed by atoms with E-state index in [1.807, 2.05) is 24.3 Å². The number of rotatable bonds is 7. The number of hydrogen-bond donors (Lipinski definition) is 2. The van der Waals surface area contributed by atoms with Crippen LogP contribution in [0.3, 0.4) is 0 Å². The van der Waals surface area contributed by atoms with Crippen LogP contribution in [-0.4, -0.2) is 48.9 Å². The average Bonchev–Trinajstić information content (AvgIpc) is 2.84. The van der Waals surface area contributed by atoms with E-state index in [1.54, 1.807) is 6.92 Å². The highest BCUT2D eigenvalue weighted by Gasteiger charge is 2.30. The Morgan fingerprint density at radius 3 is 2.47 bits per heavy atom. The second-order valence-electron chi connectivity index (χ2n) is 9.10. The fourth-order valence-corrected chi connectivity index (χ4v) is 4.86. The lowest BCUT2D eigenvalue weighted by Gasteiger charge is -2.32. The van der Waals surface area contributed by atoms with Gasteiger partial charge in [0.1, 0.15) is 0 Å². The quantitative estimate of drug-likeness (QED) is 0.467. The van der Waals surface area contributed by atoms with E-state index in [2.05, 4.69) is 24.1 Å². The van der Waals surface area contributed by atoms with Gasteiger partial charge in [0, 0.05) is 47.9 Å². The van der Waals surface area contributed by atoms with Gasteiger partial charge in [-0.2, -0.15) is 0 Å². The molecule has 0 fully saturated rings. The summed E-state index contributed by atoms with van der Waals surface area (Å²) in [6.07, 6.45) is -0.0520. The van der Waals surface area contributed by atoms with Gasteiger partial charge in [-0.15, -0.1) is 0 Å². The second kappa shape index (κ2) is 10.3. The van der Waals surface area contributed by atoms with Crippen molar-refractivity contribution >= 4 is 38.5 Å². The standard InChI is InChI=1S/C26H30N4O5S/c1-4-23(25(31)28-17-9-11-18(12-10-17)36(27,33)34)35-26(32)24-19-7-5-6-8-21(19)29-22-13-14-30(16(2)3)15-20(22)24/h5-12,16,23H,4,13-15H2,1-3H3,(H,28,31)(H2,27,33,34). The van der Waals surface area contributed by atoms with Gasteiger partial charge in [-0.1, -0.05) is 25.1 Å². The summed E-state index contributed by atoms with van der Waals surface area (Å²) < 4.78 is 28.7. The van der Waals surface area contributed by atoms with Crippen LogP contribution in [0.5, 0.6) is 0 Å². The molecule has 0 radical (unpaired) electrons. The largest absolute Gasteiger partial charge is 0.449 e. The molecule has 1 aliphatic heterocycles. The van der Waals surface area contributed by atoms with E-state index >= 15 is 0 Å². The summed E-state index contributed by atoms with van der Waals surface area (Å²) in [6.45, 7) is 7.42. The number of anilines is 1. The van der Waals surface area contributed by atoms with Crippen molar-refractivity contribution in [3.05, 3.63) is 65.4 Å². The predicted molar refractivity (Wildman–Crippen MR) is 137 cm³/mol. The number of nitrogens with one attached hydrogen (secondary N) is 1. The first-order chi connectivity index (χ1) is 17.1. The molecule has 4 rings (SSSR count). The Kier molecular flexibility index (Phi) is 7.39. The molecule has 10 heteroatoms. The number of carbonyl (C=O) groups excluding carboxylic acids is 2. The third-order valence-corrected chi connectivity index (χ3v) is 7.30. The van der Waals surface area contributed by atoms with Crippen molar-refractivity contribution in [2.24, 2.45) is 5.14 Å². The molecule has 0 saturated carbocycles. The Morgan fingerprint density at radius 2 is 1.83 bits per heavy atom. The molecule has 0 bridgehead atoms. The molecule has 2 aromatic carbocycles. The number of para-hydroxylation sites is 1. The summed E-state index contributed by atoms with van der Waals surface area (Å²) in [6, 6.07) is 13.2. The Morgan fingerprint density at radius 1 is 1.14 bits per heavy atom. The van der Waals surface area contributed by atoms with Crippen LogP contribution in [-0.2, 0) is 32.5 Å². The lowest BCUT2D eigenvalue weighted by atomic mass is 9.95. The van der Waals surface area contributed by atoms with Crippen LogP contribution < -0.4 is 10.5 Å². The summed E-state index contributed by atoms with van der Waals surface area (Å²) in [5.74, 6) is -1.08. The number of hydrogen-bond acceptors (Lipinski definition) is 7. The molecule has 1 amide bonds. The fourth-order valence-electron chi connectivity index (χ4n) is 4.35. The minimum Gasteiger partial charge on any atom is -0.449 e. The van der Waals surface area contributed by atoms with Crippen LogP contribution in [0.2, 0.25) is 0 Å². The first-order valence-electron chi connectivity index (χ1n) is 11.9. The maximum atomic E-state index is 13.6. The smallest absolute Gasteiger partial charge is 0.340 e. The van der Waals surface area contributed by atoms with Crippen molar-refractivity contribution < 1.29 is 22.7 Å². The highest BCUT2D eigenvalue weighted by Crippen LogP contribution is 2.30. The van der Waals surface area contributed by atoms with Crippen LogP contribution in [0.1, 0.15) is 48.8 Å². The Labute approximate surface area is 210 Å². The fraction of sp³-hybridized carbons (Fsp3) is 0.346. The number of aromatic nitrogens is 1. The molecule has 3 aromatic rings. The van der Waals surface area contributed by atoms with E-state index in [4.69, 9.17) is 14.9 Å². The van der Waals surface area contributed by atoms with Crippen LogP contribution in [0.4, 0.5) is 5.69 Å². The van der Waals surface area contributed by atoms with Gasteiger partial charge in [0.2, 0.25) is 10.0 Å². The molecule has 3 N–H and O–H groups in total. The molecule has 2 heterocycles. The zero-order chi connectivity index (χ0) is 26.0. The number of benzene rings is 2. The summed E-state index contributed by atoms with van der Waals surface area (Å²) in [7, 11) is -3.84. The lowest BCUT2D eigenvalue weighted by Crippen LogP contribution is -2.38. The number of nitrogens with two attached hydrogens (primary N) is 1. The van der Waals surface area contributed by atoms with Crippen LogP contribution in [0, 0.1) is 0 Å². The van der Waals surface area contributed by atoms with Gasteiger partial charge in [0.05, 0.1) is 16.0 Å². The van der Waals surface area contributed by atoms with E-state index < -0.39 is 28.0 Å². The summed E-state index contributed by atoms with van der Waals surface area (Å²) >= 11 is 0. The molecular weight excluding hydrogens is 480 g/mol. The predicted octanol–water partition coefficient (Wildman–Crippen LogP) is 3.22. The number of esters is 1. The van der Waals surface area contributed by atoms with Gasteiger partial charge in [-0.05, 0) is 50.6 Å². The van der Waals surface area contributed by atoms with Gasteiger partial charge in [0.25, 0.3) is 5.91 Å². The average molecular weight is 511 g/mol. The van der Waals surface area contributed by atoms with E-state index in [0.717, 1.165) is 24.2 Å². The van der Waals surface area contributed by atoms with E-state index in [1.165, 1.54) is 24.3 Å². The van der Waals surface area contributed by atoms with E-state index in [-0.39, 0.29) is 11.3 Å². The topological polar surface area (TPSA) is 132 Å². The van der Waals surface area contributed by atoms with Crippen molar-refractivity contribution in [2.45, 2.75) is 57.2 Å². The number of pyridine rings is 1. The number of nitrogens with zero attached hydrogens (tertiary/aromatic N) is 2. The number of ether oxygens (including phenoxy) is 1. The monoisotopic (exact) mass is 510 g/mol. The SMILES string of the molecule is CCC(OC(=O)c1c2c(nc3ccccc13)CCN(C(C)C)C2)C(=O)Nc1ccc(S(N)(=O)=O)cc1. The molecule has 1 unspecified atom stereocenters. The summed E-state index contributed by atoms with van der Waals surface area (Å²) in [5.41, 5.74) is 3.25. The van der Waals surface area contributed by atoms with Gasteiger partial charge in [-0.25, -0.2) is 18.4 Å². The van der Waals surface area contributed by atoms with Crippen LogP contribution >= 0.6 is 0 Å². The van der Waals surface area contributed by atoms with E-state index in [0.29, 0.717) is 34.7 Å². The zero-order valence-corrected chi connectivity index (χ0v) is 21.3. The van der Waals surface area contributed by atoms with Gasteiger partial charge in [-0.3, -0.25) is 14.7 Å². The summed E-state index contributed by atoms with van der Waals surface area (Å²) in [4.78, 5) is 33.5. The number of primary sulfonamides is 1. The molecule has 0 spiro atoms. The Hall–Kier alpha value is -3.34. The van der Waals surface area contributed by atoms with Gasteiger partial charge in [0.15, 0.2) is 6.10 Å². The molecule has 36 heavy (non-hydrogen) atoms. The first-order valence-corrected chi connectivity index (χ1v) is 13.4. The van der Waals surface area contributed by atoms with Crippen molar-refractivity contribution in [3.8, 4) is 0 Å². The number of amides is 1. The van der Waals surface area contributed by atoms with Crippen LogP contribution in [0.25, 0.3) is 10.9 Å². The van der Waals surface area contributed by atoms with Crippen molar-refractivity contribution in [2.75, 3.05) is 11.9 Å². The highest BCUT2D eigenvalue weighted by molar-refractivity contribution is 7.89. The Balaban J connectivity index is 1.60. The molecule has 1 atom stereocenters. The Bertz CT molecular complexity index is 1400. The van der Waals surface area contributed by atoms with Crippen molar-refractivity contribution in [1.29, 1.82) is 0 Å².